The van der Waals surface area contributed by atoms with Gasteiger partial charge in [0.2, 0.25) is 0 Å². The maximum Gasteiger partial charge on any atom is 0.341 e. The molecule has 0 saturated carbocycles. The van der Waals surface area contributed by atoms with E-state index in [4.69, 9.17) is 15.1 Å². The first-order chi connectivity index (χ1) is 12.0. The molecule has 2 aromatic rings. The van der Waals surface area contributed by atoms with Crippen molar-refractivity contribution < 1.29 is 23.8 Å². The van der Waals surface area contributed by atoms with Crippen LogP contribution in [0.1, 0.15) is 21.5 Å². The van der Waals surface area contributed by atoms with Crippen LogP contribution < -0.4 is 10.2 Å². The number of ether oxygens (including phenoxy) is 1. The number of nitrogens with zero attached hydrogens (tertiary/aromatic N) is 2. The molecule has 0 heterocycles. The molecule has 0 aliphatic carbocycles. The second kappa shape index (κ2) is 8.21. The Kier molecular flexibility index (Phi) is 5.79. The van der Waals surface area contributed by atoms with Crippen LogP contribution in [0.2, 0.25) is 0 Å². The summed E-state index contributed by atoms with van der Waals surface area (Å²) in [6.45, 7) is -0.445. The monoisotopic (exact) mass is 341 g/mol. The molecule has 0 atom stereocenters. The molecule has 126 valence electrons. The number of hydrazone groups is 1. The van der Waals surface area contributed by atoms with Crippen molar-refractivity contribution in [3.8, 4) is 11.8 Å². The van der Waals surface area contributed by atoms with Crippen LogP contribution in [-0.2, 0) is 4.79 Å². The Labute approximate surface area is 142 Å². The smallest absolute Gasteiger partial charge is 0.341 e. The number of carboxylic acid groups (broad SMARTS) is 1. The number of halogens is 1. The topological polar surface area (TPSA) is 112 Å². The van der Waals surface area contributed by atoms with Crippen molar-refractivity contribution in [3.63, 3.8) is 0 Å². The van der Waals surface area contributed by atoms with Gasteiger partial charge >= 0.3 is 5.97 Å². The Morgan fingerprint density at radius 1 is 1.28 bits per heavy atom. The maximum atomic E-state index is 13.7. The predicted molar refractivity (Wildman–Crippen MR) is 85.7 cm³/mol. The minimum atomic E-state index is -1.08. The Morgan fingerprint density at radius 3 is 2.60 bits per heavy atom. The summed E-state index contributed by atoms with van der Waals surface area (Å²) in [6.07, 6.45) is 1.33. The van der Waals surface area contributed by atoms with Crippen molar-refractivity contribution in [2.75, 3.05) is 6.61 Å². The molecule has 0 aliphatic heterocycles. The fourth-order valence-electron chi connectivity index (χ4n) is 1.79. The van der Waals surface area contributed by atoms with Gasteiger partial charge in [-0.2, -0.15) is 10.4 Å². The summed E-state index contributed by atoms with van der Waals surface area (Å²) in [6, 6.07) is 11.6. The third-order valence-electron chi connectivity index (χ3n) is 2.96. The molecular formula is C17H12FN3O4. The molecule has 0 aromatic heterocycles. The van der Waals surface area contributed by atoms with Crippen LogP contribution in [0.15, 0.2) is 47.6 Å². The van der Waals surface area contributed by atoms with Gasteiger partial charge in [-0.3, -0.25) is 4.79 Å². The highest BCUT2D eigenvalue weighted by Crippen LogP contribution is 2.11. The molecule has 2 aromatic carbocycles. The first-order valence-electron chi connectivity index (χ1n) is 6.97. The van der Waals surface area contributed by atoms with Gasteiger partial charge < -0.3 is 9.84 Å². The molecule has 0 unspecified atom stereocenters. The molecule has 0 aliphatic rings. The third kappa shape index (κ3) is 5.14. The summed E-state index contributed by atoms with van der Waals surface area (Å²) in [7, 11) is 0. The highest BCUT2D eigenvalue weighted by Gasteiger charge is 2.11. The largest absolute Gasteiger partial charge is 0.482 e. The van der Waals surface area contributed by atoms with Crippen LogP contribution in [0.25, 0.3) is 0 Å². The number of rotatable bonds is 6. The van der Waals surface area contributed by atoms with Crippen LogP contribution in [-0.4, -0.2) is 29.8 Å². The van der Waals surface area contributed by atoms with Gasteiger partial charge in [-0.25, -0.2) is 14.6 Å². The van der Waals surface area contributed by atoms with E-state index >= 15 is 0 Å². The minimum absolute atomic E-state index is 0.114. The zero-order chi connectivity index (χ0) is 18.2. The quantitative estimate of drug-likeness (QED) is 0.616. The lowest BCUT2D eigenvalue weighted by Crippen LogP contribution is -2.19. The van der Waals surface area contributed by atoms with Gasteiger partial charge in [0.1, 0.15) is 11.6 Å². The van der Waals surface area contributed by atoms with E-state index in [2.05, 4.69) is 10.5 Å². The van der Waals surface area contributed by atoms with Crippen molar-refractivity contribution in [1.82, 2.24) is 5.43 Å². The molecule has 8 heteroatoms. The number of benzene rings is 2. The van der Waals surface area contributed by atoms with Crippen molar-refractivity contribution in [2.45, 2.75) is 0 Å². The summed E-state index contributed by atoms with van der Waals surface area (Å²) >= 11 is 0. The van der Waals surface area contributed by atoms with Gasteiger partial charge in [0.15, 0.2) is 6.61 Å². The number of carbonyl (C=O) groups is 2. The Balaban J connectivity index is 1.95. The summed E-state index contributed by atoms with van der Waals surface area (Å²) in [5.41, 5.74) is 2.68. The van der Waals surface area contributed by atoms with Crippen LogP contribution in [0, 0.1) is 17.1 Å². The van der Waals surface area contributed by atoms with E-state index in [0.29, 0.717) is 11.3 Å². The number of nitriles is 1. The second-order valence-electron chi connectivity index (χ2n) is 4.76. The molecule has 1 amide bonds. The van der Waals surface area contributed by atoms with E-state index in [9.17, 15) is 14.0 Å². The molecule has 0 spiro atoms. The van der Waals surface area contributed by atoms with Crippen LogP contribution >= 0.6 is 0 Å². The third-order valence-corrected chi connectivity index (χ3v) is 2.96. The van der Waals surface area contributed by atoms with Gasteiger partial charge in [-0.05, 0) is 48.0 Å². The van der Waals surface area contributed by atoms with E-state index in [1.807, 2.05) is 0 Å². The summed E-state index contributed by atoms with van der Waals surface area (Å²) < 4.78 is 18.7. The number of aliphatic carboxylic acids is 1. The lowest BCUT2D eigenvalue weighted by molar-refractivity contribution is -0.139. The molecule has 0 bridgehead atoms. The lowest BCUT2D eigenvalue weighted by atomic mass is 10.1. The van der Waals surface area contributed by atoms with Crippen molar-refractivity contribution >= 4 is 18.1 Å². The number of nitrogens with one attached hydrogen (secondary N) is 1. The van der Waals surface area contributed by atoms with Gasteiger partial charge in [0, 0.05) is 0 Å². The van der Waals surface area contributed by atoms with Gasteiger partial charge in [-0.15, -0.1) is 0 Å². The van der Waals surface area contributed by atoms with Crippen molar-refractivity contribution in [1.29, 1.82) is 5.26 Å². The predicted octanol–water partition coefficient (Wildman–Crippen LogP) is 1.92. The first kappa shape index (κ1) is 17.6. The van der Waals surface area contributed by atoms with Gasteiger partial charge in [-0.1, -0.05) is 0 Å². The van der Waals surface area contributed by atoms with Crippen molar-refractivity contribution in [2.24, 2.45) is 5.10 Å². The minimum Gasteiger partial charge on any atom is -0.482 e. The first-order valence-corrected chi connectivity index (χ1v) is 6.97. The summed E-state index contributed by atoms with van der Waals surface area (Å²) in [4.78, 5) is 22.2. The summed E-state index contributed by atoms with van der Waals surface area (Å²) in [5.74, 6) is -2.27. The number of hydrogen-bond donors (Lipinski definition) is 2. The van der Waals surface area contributed by atoms with E-state index in [-0.39, 0.29) is 11.1 Å². The SMILES string of the molecule is N#Cc1ccc(C(=O)N/N=C\c2ccc(OCC(=O)O)cc2)c(F)c1. The lowest BCUT2D eigenvalue weighted by Gasteiger charge is -2.03. The maximum absolute atomic E-state index is 13.7. The Hall–Kier alpha value is -3.73. The Bertz CT molecular complexity index is 857. The molecule has 0 saturated heterocycles. The number of amides is 1. The normalized spacial score (nSPS) is 10.2. The Morgan fingerprint density at radius 2 is 2.00 bits per heavy atom. The number of hydrogen-bond acceptors (Lipinski definition) is 5. The van der Waals surface area contributed by atoms with Crippen molar-refractivity contribution in [3.05, 3.63) is 65.0 Å². The average molecular weight is 341 g/mol. The van der Waals surface area contributed by atoms with Gasteiger partial charge in [0.05, 0.1) is 23.4 Å². The molecule has 2 N–H and O–H groups in total. The standard InChI is InChI=1S/C17H12FN3O4/c18-15-7-12(8-19)3-6-14(15)17(24)21-20-9-11-1-4-13(5-2-11)25-10-16(22)23/h1-7,9H,10H2,(H,21,24)(H,22,23)/b20-9-. The fraction of sp³-hybridized carbons (Fsp3) is 0.0588. The molecule has 0 fully saturated rings. The van der Waals surface area contributed by atoms with Crippen LogP contribution in [0.4, 0.5) is 4.39 Å². The fourth-order valence-corrected chi connectivity index (χ4v) is 1.79. The van der Waals surface area contributed by atoms with Crippen LogP contribution in [0.5, 0.6) is 5.75 Å². The highest BCUT2D eigenvalue weighted by atomic mass is 19.1. The van der Waals surface area contributed by atoms with Gasteiger partial charge in [0.25, 0.3) is 5.91 Å². The summed E-state index contributed by atoms with van der Waals surface area (Å²) in [5, 5.41) is 20.9. The molecule has 7 nitrogen and oxygen atoms in total. The average Bonchev–Trinajstić information content (AvgIpc) is 2.60. The zero-order valence-electron chi connectivity index (χ0n) is 12.8. The number of carboxylic acids is 1. The van der Waals surface area contributed by atoms with E-state index in [1.165, 1.54) is 18.3 Å². The molecule has 0 radical (unpaired) electrons. The van der Waals surface area contributed by atoms with E-state index in [1.54, 1.807) is 30.3 Å². The molecular weight excluding hydrogens is 329 g/mol. The molecule has 25 heavy (non-hydrogen) atoms. The number of carbonyl (C=O) groups excluding carboxylic acids is 1. The van der Waals surface area contributed by atoms with Crippen LogP contribution in [0.3, 0.4) is 0 Å². The van der Waals surface area contributed by atoms with E-state index in [0.717, 1.165) is 6.07 Å². The zero-order valence-corrected chi connectivity index (χ0v) is 12.8. The second-order valence-corrected chi connectivity index (χ2v) is 4.76. The van der Waals surface area contributed by atoms with E-state index < -0.39 is 24.3 Å². The molecule has 2 rings (SSSR count). The highest BCUT2D eigenvalue weighted by molar-refractivity contribution is 5.95.